The van der Waals surface area contributed by atoms with Crippen molar-refractivity contribution in [3.8, 4) is 0 Å². The smallest absolute Gasteiger partial charge is 0.156 e. The van der Waals surface area contributed by atoms with Crippen molar-refractivity contribution in [2.24, 2.45) is 5.41 Å². The van der Waals surface area contributed by atoms with Crippen molar-refractivity contribution < 1.29 is 25.2 Å². The van der Waals surface area contributed by atoms with Crippen LogP contribution in [-0.2, 0) is 4.79 Å². The molecule has 0 aromatic carbocycles. The number of carbonyl (C=O) groups is 1. The van der Waals surface area contributed by atoms with Crippen LogP contribution in [0.5, 0.6) is 0 Å². The van der Waals surface area contributed by atoms with Gasteiger partial charge < -0.3 is 20.4 Å². The molecule has 1 aliphatic carbocycles. The maximum Gasteiger partial charge on any atom is 0.156 e. The van der Waals surface area contributed by atoms with Crippen LogP contribution >= 0.6 is 0 Å². The minimum absolute atomic E-state index is 0.0738. The quantitative estimate of drug-likeness (QED) is 0.560. The zero-order chi connectivity index (χ0) is 14.3. The molecule has 0 saturated carbocycles. The second kappa shape index (κ2) is 4.74. The summed E-state index contributed by atoms with van der Waals surface area (Å²) >= 11 is 0. The van der Waals surface area contributed by atoms with Gasteiger partial charge in [0.1, 0.15) is 17.8 Å². The van der Waals surface area contributed by atoms with Crippen molar-refractivity contribution >= 4 is 5.78 Å². The third-order valence-electron chi connectivity index (χ3n) is 3.87. The predicted octanol–water partition coefficient (Wildman–Crippen LogP) is -0.235. The third-order valence-corrected chi connectivity index (χ3v) is 3.87. The van der Waals surface area contributed by atoms with Gasteiger partial charge in [0, 0.05) is 11.8 Å². The molecule has 0 amide bonds. The summed E-state index contributed by atoms with van der Waals surface area (Å²) in [6, 6.07) is 0. The van der Waals surface area contributed by atoms with Crippen LogP contribution in [0.15, 0.2) is 11.6 Å². The van der Waals surface area contributed by atoms with E-state index in [9.17, 15) is 25.2 Å². The van der Waals surface area contributed by atoms with Crippen molar-refractivity contribution in [3.05, 3.63) is 11.6 Å². The maximum absolute atomic E-state index is 11.5. The van der Waals surface area contributed by atoms with E-state index in [0.29, 0.717) is 5.57 Å². The fraction of sp³-hybridized carbons (Fsp3) is 0.769. The van der Waals surface area contributed by atoms with E-state index < -0.39 is 29.3 Å². The van der Waals surface area contributed by atoms with Gasteiger partial charge in [-0.3, -0.25) is 4.79 Å². The van der Waals surface area contributed by atoms with Crippen LogP contribution in [0.3, 0.4) is 0 Å². The summed E-state index contributed by atoms with van der Waals surface area (Å²) in [5.74, 6) is -0.124. The average Bonchev–Trinajstić information content (AvgIpc) is 2.22. The molecule has 4 atom stereocenters. The lowest BCUT2D eigenvalue weighted by atomic mass is 9.61. The molecule has 0 aliphatic heterocycles. The molecule has 0 radical (unpaired) electrons. The van der Waals surface area contributed by atoms with E-state index in [0.717, 1.165) is 0 Å². The van der Waals surface area contributed by atoms with E-state index in [1.54, 1.807) is 13.8 Å². The van der Waals surface area contributed by atoms with Crippen molar-refractivity contribution in [1.29, 1.82) is 0 Å². The molecule has 0 spiro atoms. The number of ketones is 1. The van der Waals surface area contributed by atoms with E-state index in [-0.39, 0.29) is 12.2 Å². The molecule has 0 bridgehead atoms. The average molecular weight is 258 g/mol. The van der Waals surface area contributed by atoms with Gasteiger partial charge in [0.15, 0.2) is 5.78 Å². The van der Waals surface area contributed by atoms with E-state index in [2.05, 4.69) is 0 Å². The van der Waals surface area contributed by atoms with Crippen molar-refractivity contribution in [1.82, 2.24) is 0 Å². The molecular weight excluding hydrogens is 236 g/mol. The van der Waals surface area contributed by atoms with E-state index in [4.69, 9.17) is 0 Å². The van der Waals surface area contributed by atoms with Crippen LogP contribution in [0.25, 0.3) is 0 Å². The molecule has 1 aliphatic rings. The first-order valence-electron chi connectivity index (χ1n) is 6.02. The van der Waals surface area contributed by atoms with Gasteiger partial charge in [0.2, 0.25) is 0 Å². The third kappa shape index (κ3) is 2.23. The fourth-order valence-electron chi connectivity index (χ4n) is 2.65. The largest absolute Gasteiger partial charge is 0.391 e. The molecule has 5 heteroatoms. The van der Waals surface area contributed by atoms with Gasteiger partial charge in [-0.05, 0) is 25.5 Å². The van der Waals surface area contributed by atoms with Crippen LogP contribution in [0, 0.1) is 5.41 Å². The van der Waals surface area contributed by atoms with Crippen molar-refractivity contribution in [3.63, 3.8) is 0 Å². The summed E-state index contributed by atoms with van der Waals surface area (Å²) in [4.78, 5) is 11.5. The molecule has 0 saturated heterocycles. The first kappa shape index (κ1) is 15.3. The first-order chi connectivity index (χ1) is 8.04. The number of carbonyl (C=O) groups excluding carboxylic acids is 1. The van der Waals surface area contributed by atoms with E-state index in [1.165, 1.54) is 19.9 Å². The molecule has 5 nitrogen and oxygen atoms in total. The lowest BCUT2D eigenvalue weighted by Crippen LogP contribution is -2.62. The summed E-state index contributed by atoms with van der Waals surface area (Å²) in [6.45, 7) is 6.17. The van der Waals surface area contributed by atoms with Gasteiger partial charge in [-0.15, -0.1) is 0 Å². The topological polar surface area (TPSA) is 98.0 Å². The molecule has 0 heterocycles. The van der Waals surface area contributed by atoms with Crippen LogP contribution in [0.1, 0.15) is 34.1 Å². The highest BCUT2D eigenvalue weighted by molar-refractivity contribution is 5.92. The number of rotatable bonds is 3. The second-order valence-corrected chi connectivity index (χ2v) is 5.80. The van der Waals surface area contributed by atoms with Crippen LogP contribution in [-0.4, -0.2) is 50.1 Å². The Bertz CT molecular complexity index is 372. The highest BCUT2D eigenvalue weighted by Crippen LogP contribution is 2.46. The molecule has 1 rings (SSSR count). The SMILES string of the molecule is CC1=CC(=O)CC(C)(C)C1(O)C(O)C(O)C(C)O. The number of hydrogen-bond donors (Lipinski definition) is 4. The summed E-state index contributed by atoms with van der Waals surface area (Å²) in [7, 11) is 0. The first-order valence-corrected chi connectivity index (χ1v) is 6.02. The Hall–Kier alpha value is -0.750. The predicted molar refractivity (Wildman–Crippen MR) is 65.8 cm³/mol. The van der Waals surface area contributed by atoms with Gasteiger partial charge in [-0.2, -0.15) is 0 Å². The molecule has 0 aromatic heterocycles. The molecule has 4 N–H and O–H groups in total. The Morgan fingerprint density at radius 3 is 2.17 bits per heavy atom. The Balaban J connectivity index is 3.23. The van der Waals surface area contributed by atoms with E-state index >= 15 is 0 Å². The standard InChI is InChI=1S/C13H22O5/c1-7-5-9(15)6-12(3,4)13(7,18)11(17)10(16)8(2)14/h5,8,10-11,14,16-18H,6H2,1-4H3. The minimum Gasteiger partial charge on any atom is -0.391 e. The Morgan fingerprint density at radius 2 is 1.78 bits per heavy atom. The van der Waals surface area contributed by atoms with E-state index in [1.807, 2.05) is 0 Å². The summed E-state index contributed by atoms with van der Waals surface area (Å²) in [5.41, 5.74) is -2.36. The summed E-state index contributed by atoms with van der Waals surface area (Å²) in [5, 5.41) is 40.0. The molecule has 18 heavy (non-hydrogen) atoms. The monoisotopic (exact) mass is 258 g/mol. The van der Waals surface area contributed by atoms with Gasteiger partial charge in [-0.1, -0.05) is 13.8 Å². The fourth-order valence-corrected chi connectivity index (χ4v) is 2.65. The van der Waals surface area contributed by atoms with Gasteiger partial charge in [0.05, 0.1) is 6.10 Å². The number of aliphatic hydroxyl groups excluding tert-OH is 3. The van der Waals surface area contributed by atoms with Gasteiger partial charge >= 0.3 is 0 Å². The number of allylic oxidation sites excluding steroid dienone is 1. The lowest BCUT2D eigenvalue weighted by molar-refractivity contribution is -0.181. The maximum atomic E-state index is 11.5. The molecule has 0 aromatic rings. The molecule has 0 fully saturated rings. The second-order valence-electron chi connectivity index (χ2n) is 5.80. The molecule has 104 valence electrons. The summed E-state index contributed by atoms with van der Waals surface area (Å²) < 4.78 is 0. The Kier molecular flexibility index (Phi) is 4.03. The Labute approximate surface area is 107 Å². The molecule has 4 unspecified atom stereocenters. The zero-order valence-electron chi connectivity index (χ0n) is 11.2. The molecular formula is C13H22O5. The van der Waals surface area contributed by atoms with Gasteiger partial charge in [0.25, 0.3) is 0 Å². The normalized spacial score (nSPS) is 32.7. The van der Waals surface area contributed by atoms with Crippen LogP contribution in [0.4, 0.5) is 0 Å². The van der Waals surface area contributed by atoms with Gasteiger partial charge in [-0.25, -0.2) is 0 Å². The number of aliphatic hydroxyl groups is 4. The summed E-state index contributed by atoms with van der Waals surface area (Å²) in [6.07, 6.45) is -2.86. The lowest BCUT2D eigenvalue weighted by Gasteiger charge is -2.49. The minimum atomic E-state index is -1.74. The highest BCUT2D eigenvalue weighted by atomic mass is 16.4. The van der Waals surface area contributed by atoms with Crippen molar-refractivity contribution in [2.45, 2.75) is 58.0 Å². The van der Waals surface area contributed by atoms with Crippen LogP contribution in [0.2, 0.25) is 0 Å². The zero-order valence-corrected chi connectivity index (χ0v) is 11.2. The van der Waals surface area contributed by atoms with Crippen LogP contribution < -0.4 is 0 Å². The van der Waals surface area contributed by atoms with Crippen molar-refractivity contribution in [2.75, 3.05) is 0 Å². The Morgan fingerprint density at radius 1 is 1.28 bits per heavy atom. The number of hydrogen-bond acceptors (Lipinski definition) is 5. The highest BCUT2D eigenvalue weighted by Gasteiger charge is 2.55.